The maximum Gasteiger partial charge on any atom is 0.146 e. The van der Waals surface area contributed by atoms with E-state index < -0.39 is 17.7 Å². The van der Waals surface area contributed by atoms with Crippen LogP contribution in [0.4, 0.5) is 8.78 Å². The van der Waals surface area contributed by atoms with Gasteiger partial charge in [-0.3, -0.25) is 0 Å². The fourth-order valence-corrected chi connectivity index (χ4v) is 1.94. The molecule has 88 valence electrons. The van der Waals surface area contributed by atoms with Crippen LogP contribution in [0.3, 0.4) is 0 Å². The van der Waals surface area contributed by atoms with Gasteiger partial charge in [-0.1, -0.05) is 30.3 Å². The monoisotopic (exact) mass is 298 g/mol. The zero-order chi connectivity index (χ0) is 12.4. The first-order chi connectivity index (χ1) is 8.11. The average Bonchev–Trinajstić information content (AvgIpc) is 2.35. The van der Waals surface area contributed by atoms with Crippen LogP contribution in [0, 0.1) is 11.6 Å². The number of aliphatic hydroxyl groups excluding tert-OH is 1. The fraction of sp³-hybridized carbons (Fsp3) is 0.0769. The van der Waals surface area contributed by atoms with Gasteiger partial charge in [-0.2, -0.15) is 0 Å². The molecule has 2 aromatic rings. The Labute approximate surface area is 106 Å². The Hall–Kier alpha value is -1.26. The summed E-state index contributed by atoms with van der Waals surface area (Å²) < 4.78 is 27.4. The summed E-state index contributed by atoms with van der Waals surface area (Å²) in [7, 11) is 0. The van der Waals surface area contributed by atoms with Gasteiger partial charge in [-0.15, -0.1) is 0 Å². The van der Waals surface area contributed by atoms with Crippen molar-refractivity contribution in [1.29, 1.82) is 0 Å². The van der Waals surface area contributed by atoms with E-state index in [1.165, 1.54) is 6.07 Å². The summed E-state index contributed by atoms with van der Waals surface area (Å²) in [5, 5.41) is 9.98. The first kappa shape index (κ1) is 12.2. The van der Waals surface area contributed by atoms with Gasteiger partial charge in [-0.05, 0) is 33.6 Å². The summed E-state index contributed by atoms with van der Waals surface area (Å²) >= 11 is 2.97. The largest absolute Gasteiger partial charge is 0.383 e. The Morgan fingerprint density at radius 3 is 2.29 bits per heavy atom. The van der Waals surface area contributed by atoms with Crippen molar-refractivity contribution >= 4 is 15.9 Å². The number of hydrogen-bond acceptors (Lipinski definition) is 1. The number of halogens is 3. The van der Waals surface area contributed by atoms with Crippen molar-refractivity contribution in [3.8, 4) is 0 Å². The minimum absolute atomic E-state index is 0.129. The molecule has 1 N–H and O–H groups in total. The van der Waals surface area contributed by atoms with Gasteiger partial charge in [0.2, 0.25) is 0 Å². The minimum Gasteiger partial charge on any atom is -0.383 e. The van der Waals surface area contributed by atoms with E-state index >= 15 is 0 Å². The summed E-state index contributed by atoms with van der Waals surface area (Å²) in [5.74, 6) is -1.54. The summed E-state index contributed by atoms with van der Waals surface area (Å²) in [5.41, 5.74) is 0.106. The summed E-state index contributed by atoms with van der Waals surface area (Å²) in [4.78, 5) is 0. The summed E-state index contributed by atoms with van der Waals surface area (Å²) in [6, 6.07) is 10.8. The fourth-order valence-electron chi connectivity index (χ4n) is 1.60. The van der Waals surface area contributed by atoms with Crippen molar-refractivity contribution in [3.63, 3.8) is 0 Å². The predicted molar refractivity (Wildman–Crippen MR) is 64.6 cm³/mol. The van der Waals surface area contributed by atoms with Gasteiger partial charge in [0.15, 0.2) is 0 Å². The maximum absolute atomic E-state index is 13.8. The molecule has 0 bridgehead atoms. The first-order valence-electron chi connectivity index (χ1n) is 4.97. The van der Waals surface area contributed by atoms with E-state index in [1.54, 1.807) is 30.3 Å². The number of rotatable bonds is 2. The lowest BCUT2D eigenvalue weighted by molar-refractivity contribution is 0.209. The molecule has 0 aromatic heterocycles. The first-order valence-corrected chi connectivity index (χ1v) is 5.77. The van der Waals surface area contributed by atoms with E-state index in [-0.39, 0.29) is 10.0 Å². The van der Waals surface area contributed by atoms with Crippen LogP contribution in [-0.2, 0) is 0 Å². The van der Waals surface area contributed by atoms with E-state index in [2.05, 4.69) is 15.9 Å². The van der Waals surface area contributed by atoms with Crippen LogP contribution >= 0.6 is 15.9 Å². The molecule has 0 aliphatic rings. The lowest BCUT2D eigenvalue weighted by atomic mass is 10.0. The molecular formula is C13H9BrF2O. The minimum atomic E-state index is -1.31. The van der Waals surface area contributed by atoms with Crippen LogP contribution in [0.2, 0.25) is 0 Å². The standard InChI is InChI=1S/C13H9BrF2O/c14-9-6-7-10(15)11(12(9)16)13(17)8-4-2-1-3-5-8/h1-7,13,17H. The third kappa shape index (κ3) is 2.37. The second-order valence-corrected chi connectivity index (χ2v) is 4.42. The molecule has 1 unspecified atom stereocenters. The van der Waals surface area contributed by atoms with Crippen LogP contribution in [0.15, 0.2) is 46.9 Å². The Balaban J connectivity index is 2.51. The second kappa shape index (κ2) is 4.94. The average molecular weight is 299 g/mol. The van der Waals surface area contributed by atoms with Crippen LogP contribution in [0.5, 0.6) is 0 Å². The maximum atomic E-state index is 13.8. The van der Waals surface area contributed by atoms with Crippen LogP contribution in [-0.4, -0.2) is 5.11 Å². The highest BCUT2D eigenvalue weighted by Crippen LogP contribution is 2.30. The highest BCUT2D eigenvalue weighted by Gasteiger charge is 2.21. The van der Waals surface area contributed by atoms with Crippen molar-refractivity contribution in [2.75, 3.05) is 0 Å². The molecule has 1 atom stereocenters. The van der Waals surface area contributed by atoms with Gasteiger partial charge >= 0.3 is 0 Å². The van der Waals surface area contributed by atoms with Crippen LogP contribution in [0.25, 0.3) is 0 Å². The molecule has 2 rings (SSSR count). The van der Waals surface area contributed by atoms with Crippen LogP contribution < -0.4 is 0 Å². The Morgan fingerprint density at radius 1 is 1.00 bits per heavy atom. The smallest absolute Gasteiger partial charge is 0.146 e. The molecule has 0 fully saturated rings. The zero-order valence-corrected chi connectivity index (χ0v) is 10.3. The van der Waals surface area contributed by atoms with Crippen LogP contribution in [0.1, 0.15) is 17.2 Å². The molecule has 0 amide bonds. The molecule has 0 saturated carbocycles. The van der Waals surface area contributed by atoms with Crippen molar-refractivity contribution in [2.45, 2.75) is 6.10 Å². The normalized spacial score (nSPS) is 12.5. The van der Waals surface area contributed by atoms with Crippen molar-refractivity contribution in [3.05, 3.63) is 69.7 Å². The van der Waals surface area contributed by atoms with Gasteiger partial charge in [0, 0.05) is 0 Å². The SMILES string of the molecule is OC(c1ccccc1)c1c(F)ccc(Br)c1F. The number of hydrogen-bond donors (Lipinski definition) is 1. The third-order valence-corrected chi connectivity index (χ3v) is 3.08. The number of aliphatic hydroxyl groups is 1. The second-order valence-electron chi connectivity index (χ2n) is 3.57. The molecule has 0 radical (unpaired) electrons. The molecule has 0 aliphatic carbocycles. The molecule has 0 saturated heterocycles. The summed E-state index contributed by atoms with van der Waals surface area (Å²) in [6.07, 6.45) is -1.31. The summed E-state index contributed by atoms with van der Waals surface area (Å²) in [6.45, 7) is 0. The highest BCUT2D eigenvalue weighted by atomic mass is 79.9. The van der Waals surface area contributed by atoms with E-state index in [4.69, 9.17) is 0 Å². The van der Waals surface area contributed by atoms with Crippen molar-refractivity contribution < 1.29 is 13.9 Å². The van der Waals surface area contributed by atoms with Gasteiger partial charge in [-0.25, -0.2) is 8.78 Å². The van der Waals surface area contributed by atoms with E-state index in [1.807, 2.05) is 0 Å². The molecule has 2 aromatic carbocycles. The van der Waals surface area contributed by atoms with Crippen molar-refractivity contribution in [1.82, 2.24) is 0 Å². The highest BCUT2D eigenvalue weighted by molar-refractivity contribution is 9.10. The Kier molecular flexibility index (Phi) is 3.54. The van der Waals surface area contributed by atoms with Gasteiger partial charge in [0.25, 0.3) is 0 Å². The molecule has 17 heavy (non-hydrogen) atoms. The zero-order valence-electron chi connectivity index (χ0n) is 8.70. The molecule has 4 heteroatoms. The van der Waals surface area contributed by atoms with E-state index in [0.29, 0.717) is 5.56 Å². The lowest BCUT2D eigenvalue weighted by Gasteiger charge is -2.14. The predicted octanol–water partition coefficient (Wildman–Crippen LogP) is 3.81. The molecule has 0 spiro atoms. The Bertz CT molecular complexity index is 528. The van der Waals surface area contributed by atoms with E-state index in [0.717, 1.165) is 6.07 Å². The molecule has 1 nitrogen and oxygen atoms in total. The van der Waals surface area contributed by atoms with Gasteiger partial charge in [0.05, 0.1) is 10.0 Å². The van der Waals surface area contributed by atoms with Crippen molar-refractivity contribution in [2.24, 2.45) is 0 Å². The van der Waals surface area contributed by atoms with E-state index in [9.17, 15) is 13.9 Å². The van der Waals surface area contributed by atoms with Gasteiger partial charge < -0.3 is 5.11 Å². The third-order valence-electron chi connectivity index (χ3n) is 2.47. The number of benzene rings is 2. The van der Waals surface area contributed by atoms with Gasteiger partial charge in [0.1, 0.15) is 17.7 Å². The molecule has 0 heterocycles. The molecule has 0 aliphatic heterocycles. The topological polar surface area (TPSA) is 20.2 Å². The molecular weight excluding hydrogens is 290 g/mol. The lowest BCUT2D eigenvalue weighted by Crippen LogP contribution is -2.06. The quantitative estimate of drug-likeness (QED) is 0.836. The Morgan fingerprint density at radius 2 is 1.65 bits per heavy atom.